The van der Waals surface area contributed by atoms with Gasteiger partial charge in [0.15, 0.2) is 11.5 Å². The van der Waals surface area contributed by atoms with Crippen molar-refractivity contribution in [3.05, 3.63) is 51.4 Å². The van der Waals surface area contributed by atoms with Gasteiger partial charge in [0.2, 0.25) is 0 Å². The fourth-order valence-corrected chi connectivity index (χ4v) is 3.14. The first kappa shape index (κ1) is 15.1. The maximum Gasteiger partial charge on any atom is 0.196 e. The molecule has 0 spiro atoms. The Kier molecular flexibility index (Phi) is 3.96. The lowest BCUT2D eigenvalue weighted by Gasteiger charge is -2.10. The van der Waals surface area contributed by atoms with E-state index in [0.29, 0.717) is 16.6 Å². The van der Waals surface area contributed by atoms with Crippen molar-refractivity contribution in [3.8, 4) is 0 Å². The SMILES string of the molecule is Cc1cc(C)cc(CCC(C)c2nnc3c(Cl)c(C)[nH]n23)c1. The summed E-state index contributed by atoms with van der Waals surface area (Å²) in [5, 5.41) is 12.4. The molecule has 116 valence electrons. The van der Waals surface area contributed by atoms with Crippen LogP contribution in [0.25, 0.3) is 5.65 Å². The molecule has 0 amide bonds. The van der Waals surface area contributed by atoms with Gasteiger partial charge < -0.3 is 0 Å². The molecule has 3 rings (SSSR count). The first-order valence-corrected chi connectivity index (χ1v) is 7.99. The lowest BCUT2D eigenvalue weighted by molar-refractivity contribution is 0.616. The number of aryl methyl sites for hydroxylation is 4. The third-order valence-corrected chi connectivity index (χ3v) is 4.53. The van der Waals surface area contributed by atoms with Crippen molar-refractivity contribution in [2.45, 2.75) is 46.5 Å². The van der Waals surface area contributed by atoms with E-state index in [9.17, 15) is 0 Å². The van der Waals surface area contributed by atoms with Gasteiger partial charge in [-0.25, -0.2) is 4.52 Å². The minimum absolute atomic E-state index is 0.310. The Labute approximate surface area is 135 Å². The van der Waals surface area contributed by atoms with E-state index < -0.39 is 0 Å². The second-order valence-electron chi connectivity index (χ2n) is 6.20. The number of nitrogens with one attached hydrogen (secondary N) is 1. The molecule has 5 heteroatoms. The fourth-order valence-electron chi connectivity index (χ4n) is 2.98. The lowest BCUT2D eigenvalue weighted by Crippen LogP contribution is -2.03. The summed E-state index contributed by atoms with van der Waals surface area (Å²) in [6.45, 7) is 8.42. The summed E-state index contributed by atoms with van der Waals surface area (Å²) in [6.07, 6.45) is 2.06. The largest absolute Gasteiger partial charge is 0.294 e. The normalized spacial score (nSPS) is 13.0. The second kappa shape index (κ2) is 5.76. The van der Waals surface area contributed by atoms with Crippen molar-refractivity contribution in [2.24, 2.45) is 0 Å². The Morgan fingerprint density at radius 2 is 1.82 bits per heavy atom. The highest BCUT2D eigenvalue weighted by atomic mass is 35.5. The summed E-state index contributed by atoms with van der Waals surface area (Å²) in [7, 11) is 0. The number of benzene rings is 1. The molecule has 3 aromatic rings. The van der Waals surface area contributed by atoms with Gasteiger partial charge in [0.05, 0.1) is 5.69 Å². The number of hydrogen-bond donors (Lipinski definition) is 1. The van der Waals surface area contributed by atoms with E-state index >= 15 is 0 Å². The molecular weight excluding hydrogens is 296 g/mol. The quantitative estimate of drug-likeness (QED) is 0.776. The molecule has 1 aromatic carbocycles. The number of halogens is 1. The monoisotopic (exact) mass is 316 g/mol. The molecule has 1 atom stereocenters. The van der Waals surface area contributed by atoms with Crippen LogP contribution in [-0.4, -0.2) is 19.8 Å². The van der Waals surface area contributed by atoms with Crippen molar-refractivity contribution >= 4 is 17.2 Å². The zero-order valence-electron chi connectivity index (χ0n) is 13.4. The topological polar surface area (TPSA) is 46.0 Å². The number of aromatic amines is 1. The van der Waals surface area contributed by atoms with Crippen LogP contribution in [-0.2, 0) is 6.42 Å². The van der Waals surface area contributed by atoms with E-state index in [2.05, 4.69) is 54.3 Å². The average Bonchev–Trinajstić information content (AvgIpc) is 2.97. The number of aromatic nitrogens is 4. The number of hydrogen-bond acceptors (Lipinski definition) is 2. The van der Waals surface area contributed by atoms with Crippen LogP contribution < -0.4 is 0 Å². The first-order chi connectivity index (χ1) is 10.5. The average molecular weight is 317 g/mol. The van der Waals surface area contributed by atoms with Gasteiger partial charge >= 0.3 is 0 Å². The standard InChI is InChI=1S/C17H21ClN4/c1-10-7-11(2)9-14(8-10)6-5-12(3)16-19-20-17-15(18)13(4)21-22(16)17/h7-9,12,21H,5-6H2,1-4H3. The molecule has 22 heavy (non-hydrogen) atoms. The molecule has 2 heterocycles. The molecular formula is C17H21ClN4. The van der Waals surface area contributed by atoms with Crippen LogP contribution in [0.15, 0.2) is 18.2 Å². The van der Waals surface area contributed by atoms with Gasteiger partial charge in [-0.3, -0.25) is 5.10 Å². The first-order valence-electron chi connectivity index (χ1n) is 7.62. The highest BCUT2D eigenvalue weighted by molar-refractivity contribution is 6.34. The van der Waals surface area contributed by atoms with Crippen molar-refractivity contribution in [1.29, 1.82) is 0 Å². The third-order valence-electron chi connectivity index (χ3n) is 4.08. The minimum atomic E-state index is 0.310. The van der Waals surface area contributed by atoms with E-state index in [-0.39, 0.29) is 0 Å². The molecule has 0 radical (unpaired) electrons. The molecule has 0 saturated heterocycles. The molecule has 0 aliphatic carbocycles. The lowest BCUT2D eigenvalue weighted by atomic mass is 9.98. The summed E-state index contributed by atoms with van der Waals surface area (Å²) in [4.78, 5) is 0. The fraction of sp³-hybridized carbons (Fsp3) is 0.412. The van der Waals surface area contributed by atoms with Crippen molar-refractivity contribution in [2.75, 3.05) is 0 Å². The summed E-state index contributed by atoms with van der Waals surface area (Å²) in [5.74, 6) is 1.25. The van der Waals surface area contributed by atoms with E-state index in [1.165, 1.54) is 16.7 Å². The van der Waals surface area contributed by atoms with E-state index in [1.54, 1.807) is 0 Å². The van der Waals surface area contributed by atoms with E-state index in [0.717, 1.165) is 24.4 Å². The smallest absolute Gasteiger partial charge is 0.196 e. The Morgan fingerprint density at radius 1 is 1.14 bits per heavy atom. The molecule has 0 saturated carbocycles. The molecule has 2 aromatic heterocycles. The summed E-state index contributed by atoms with van der Waals surface area (Å²) >= 11 is 6.21. The maximum absolute atomic E-state index is 6.21. The Balaban J connectivity index is 1.78. The predicted octanol–water partition coefficient (Wildman–Crippen LogP) is 4.37. The van der Waals surface area contributed by atoms with Crippen molar-refractivity contribution in [3.63, 3.8) is 0 Å². The molecule has 0 aliphatic heterocycles. The van der Waals surface area contributed by atoms with Crippen LogP contribution in [0.5, 0.6) is 0 Å². The molecule has 0 fully saturated rings. The third kappa shape index (κ3) is 2.75. The Hall–Kier alpha value is -1.81. The highest BCUT2D eigenvalue weighted by Crippen LogP contribution is 2.25. The predicted molar refractivity (Wildman–Crippen MR) is 89.7 cm³/mol. The van der Waals surface area contributed by atoms with Gasteiger partial charge in [-0.15, -0.1) is 10.2 Å². The molecule has 4 nitrogen and oxygen atoms in total. The van der Waals surface area contributed by atoms with Gasteiger partial charge in [-0.1, -0.05) is 47.9 Å². The molecule has 1 N–H and O–H groups in total. The van der Waals surface area contributed by atoms with Gasteiger partial charge in [-0.2, -0.15) is 0 Å². The van der Waals surface area contributed by atoms with Crippen LogP contribution in [0.4, 0.5) is 0 Å². The number of fused-ring (bicyclic) bond motifs is 1. The number of nitrogens with zero attached hydrogens (tertiary/aromatic N) is 3. The van der Waals surface area contributed by atoms with Crippen molar-refractivity contribution in [1.82, 2.24) is 19.8 Å². The van der Waals surface area contributed by atoms with Gasteiger partial charge in [-0.05, 0) is 39.2 Å². The zero-order chi connectivity index (χ0) is 15.9. The minimum Gasteiger partial charge on any atom is -0.294 e. The van der Waals surface area contributed by atoms with Gasteiger partial charge in [0.25, 0.3) is 0 Å². The van der Waals surface area contributed by atoms with Gasteiger partial charge in [0.1, 0.15) is 5.02 Å². The summed E-state index contributed by atoms with van der Waals surface area (Å²) in [5.41, 5.74) is 5.66. The van der Waals surface area contributed by atoms with Crippen molar-refractivity contribution < 1.29 is 0 Å². The van der Waals surface area contributed by atoms with Crippen LogP contribution in [0.1, 0.15) is 47.5 Å². The maximum atomic E-state index is 6.21. The zero-order valence-corrected chi connectivity index (χ0v) is 14.2. The number of H-pyrrole nitrogens is 1. The Morgan fingerprint density at radius 3 is 2.50 bits per heavy atom. The molecule has 1 unspecified atom stereocenters. The molecule has 0 aliphatic rings. The second-order valence-corrected chi connectivity index (χ2v) is 6.58. The summed E-state index contributed by atoms with van der Waals surface area (Å²) in [6, 6.07) is 6.72. The summed E-state index contributed by atoms with van der Waals surface area (Å²) < 4.78 is 1.91. The van der Waals surface area contributed by atoms with Crippen LogP contribution in [0, 0.1) is 20.8 Å². The van der Waals surface area contributed by atoms with E-state index in [4.69, 9.17) is 11.6 Å². The Bertz CT molecular complexity index is 795. The molecule has 0 bridgehead atoms. The van der Waals surface area contributed by atoms with Crippen LogP contribution in [0.3, 0.4) is 0 Å². The van der Waals surface area contributed by atoms with Gasteiger partial charge in [0, 0.05) is 5.92 Å². The highest BCUT2D eigenvalue weighted by Gasteiger charge is 2.18. The van der Waals surface area contributed by atoms with E-state index in [1.807, 2.05) is 11.4 Å². The van der Waals surface area contributed by atoms with Crippen LogP contribution in [0.2, 0.25) is 5.02 Å². The number of rotatable bonds is 4. The van der Waals surface area contributed by atoms with Crippen LogP contribution >= 0.6 is 11.6 Å².